The highest BCUT2D eigenvalue weighted by Gasteiger charge is 2.36. The molecule has 2 saturated heterocycles. The minimum absolute atomic E-state index is 0.159. The first-order valence-electron chi connectivity index (χ1n) is 19.2. The Morgan fingerprint density at radius 2 is 1.03 bits per heavy atom. The Balaban J connectivity index is 0.000000179. The molecular formula is C44H47ClN4O8S2. The molecule has 310 valence electrons. The van der Waals surface area contributed by atoms with E-state index in [-0.39, 0.29) is 33.8 Å². The van der Waals surface area contributed by atoms with Crippen molar-refractivity contribution in [2.24, 2.45) is 0 Å². The standard InChI is InChI=1S/C22H23ClN2O4S.C22H24N2O4S/c1-22(2,3)29-21(26)24-12-16(13-24)15-9-10-20-18(11-15)19(23)14-25(20)30(27,28)17-7-5-4-6-8-17;1-22(2,3)28-21(25)23-14-18(15-23)16-9-10-20-17(13-16)11-12-24(20)29(26,27)19-7-5-4-6-8-19/h4-11,14,16H,12-13H2,1-3H3;4-13,18H,14-15H2,1-3H3. The number of benzene rings is 4. The summed E-state index contributed by atoms with van der Waals surface area (Å²) in [6, 6.07) is 29.8. The number of amides is 2. The Kier molecular flexibility index (Phi) is 11.1. The largest absolute Gasteiger partial charge is 0.444 e. The lowest BCUT2D eigenvalue weighted by atomic mass is 9.91. The normalized spacial score (nSPS) is 15.3. The van der Waals surface area contributed by atoms with Crippen LogP contribution < -0.4 is 0 Å². The van der Waals surface area contributed by atoms with Gasteiger partial charge >= 0.3 is 12.2 Å². The first-order valence-corrected chi connectivity index (χ1v) is 22.5. The number of hydrogen-bond donors (Lipinski definition) is 0. The fourth-order valence-electron chi connectivity index (χ4n) is 6.97. The molecule has 0 unspecified atom stereocenters. The van der Waals surface area contributed by atoms with Crippen LogP contribution in [-0.2, 0) is 29.5 Å². The lowest BCUT2D eigenvalue weighted by Gasteiger charge is -2.40. The van der Waals surface area contributed by atoms with Gasteiger partial charge in [-0.05, 0) is 107 Å². The number of nitrogens with zero attached hydrogens (tertiary/aromatic N) is 4. The molecule has 8 rings (SSSR count). The average molecular weight is 859 g/mol. The molecule has 0 saturated carbocycles. The Morgan fingerprint density at radius 1 is 0.593 bits per heavy atom. The predicted molar refractivity (Wildman–Crippen MR) is 228 cm³/mol. The number of aromatic nitrogens is 2. The van der Waals surface area contributed by atoms with Crippen molar-refractivity contribution in [2.45, 2.75) is 74.4 Å². The number of likely N-dealkylation sites (tertiary alicyclic amines) is 2. The predicted octanol–water partition coefficient (Wildman–Crippen LogP) is 9.08. The summed E-state index contributed by atoms with van der Waals surface area (Å²) >= 11 is 6.39. The molecule has 12 nitrogen and oxygen atoms in total. The molecule has 0 radical (unpaired) electrons. The van der Waals surface area contributed by atoms with Crippen LogP contribution in [0, 0.1) is 0 Å². The Morgan fingerprint density at radius 3 is 1.51 bits per heavy atom. The second-order valence-corrected chi connectivity index (χ2v) is 20.8. The van der Waals surface area contributed by atoms with E-state index in [0.717, 1.165) is 16.5 Å². The molecule has 4 aromatic carbocycles. The van der Waals surface area contributed by atoms with E-state index in [1.54, 1.807) is 82.7 Å². The van der Waals surface area contributed by atoms with Gasteiger partial charge in [-0.3, -0.25) is 0 Å². The maximum atomic E-state index is 13.0. The van der Waals surface area contributed by atoms with Crippen molar-refractivity contribution >= 4 is 65.6 Å². The van der Waals surface area contributed by atoms with Gasteiger partial charge in [0.1, 0.15) is 11.2 Å². The summed E-state index contributed by atoms with van der Waals surface area (Å²) in [4.78, 5) is 28.1. The molecular weight excluding hydrogens is 812 g/mol. The number of carbonyl (C=O) groups excluding carboxylic acids is 2. The second-order valence-electron chi connectivity index (χ2n) is 16.8. The van der Waals surface area contributed by atoms with Gasteiger partial charge in [-0.15, -0.1) is 0 Å². The SMILES string of the molecule is CC(C)(C)OC(=O)N1CC(c2ccc3c(c2)c(Cl)cn3S(=O)(=O)c2ccccc2)C1.CC(C)(C)OC(=O)N1CC(c2ccc3c(ccn3S(=O)(=O)c3ccccc3)c2)C1. The number of ether oxygens (including phenoxy) is 2. The zero-order valence-electron chi connectivity index (χ0n) is 33.7. The molecule has 59 heavy (non-hydrogen) atoms. The van der Waals surface area contributed by atoms with Gasteiger partial charge < -0.3 is 19.3 Å². The Hall–Kier alpha value is -5.31. The van der Waals surface area contributed by atoms with E-state index >= 15 is 0 Å². The highest BCUT2D eigenvalue weighted by Crippen LogP contribution is 2.36. The molecule has 2 fully saturated rings. The maximum absolute atomic E-state index is 13.0. The van der Waals surface area contributed by atoms with E-state index in [1.807, 2.05) is 77.9 Å². The molecule has 0 N–H and O–H groups in total. The monoisotopic (exact) mass is 858 g/mol. The fraction of sp³-hybridized carbons (Fsp3) is 0.318. The van der Waals surface area contributed by atoms with Crippen molar-refractivity contribution in [1.82, 2.24) is 17.7 Å². The van der Waals surface area contributed by atoms with Crippen LogP contribution in [0.2, 0.25) is 5.02 Å². The summed E-state index contributed by atoms with van der Waals surface area (Å²) in [5.41, 5.74) is 2.24. The van der Waals surface area contributed by atoms with E-state index in [0.29, 0.717) is 47.6 Å². The Labute approximate surface area is 350 Å². The van der Waals surface area contributed by atoms with E-state index in [9.17, 15) is 26.4 Å². The van der Waals surface area contributed by atoms with Crippen LogP contribution in [0.3, 0.4) is 0 Å². The van der Waals surface area contributed by atoms with Crippen LogP contribution in [0.5, 0.6) is 0 Å². The minimum atomic E-state index is -3.74. The summed E-state index contributed by atoms with van der Waals surface area (Å²) in [6.45, 7) is 13.4. The highest BCUT2D eigenvalue weighted by molar-refractivity contribution is 7.90. The van der Waals surface area contributed by atoms with Crippen molar-refractivity contribution in [2.75, 3.05) is 26.2 Å². The van der Waals surface area contributed by atoms with Gasteiger partial charge in [0.25, 0.3) is 20.0 Å². The maximum Gasteiger partial charge on any atom is 0.410 e. The summed E-state index contributed by atoms with van der Waals surface area (Å²) in [5.74, 6) is 0.382. The minimum Gasteiger partial charge on any atom is -0.444 e. The molecule has 0 spiro atoms. The van der Waals surface area contributed by atoms with Crippen LogP contribution in [0.4, 0.5) is 9.59 Å². The smallest absolute Gasteiger partial charge is 0.410 e. The molecule has 15 heteroatoms. The van der Waals surface area contributed by atoms with Crippen molar-refractivity contribution < 1.29 is 35.9 Å². The van der Waals surface area contributed by atoms with Crippen LogP contribution in [-0.4, -0.2) is 84.1 Å². The molecule has 2 amide bonds. The lowest BCUT2D eigenvalue weighted by molar-refractivity contribution is 0.00728. The molecule has 2 aliphatic heterocycles. The van der Waals surface area contributed by atoms with Crippen molar-refractivity contribution in [3.8, 4) is 0 Å². The molecule has 2 aromatic heterocycles. The van der Waals surface area contributed by atoms with Crippen LogP contribution in [0.1, 0.15) is 64.5 Å². The number of fused-ring (bicyclic) bond motifs is 2. The van der Waals surface area contributed by atoms with Crippen LogP contribution in [0.25, 0.3) is 21.8 Å². The first kappa shape index (κ1) is 41.8. The van der Waals surface area contributed by atoms with Crippen LogP contribution >= 0.6 is 11.6 Å². The summed E-state index contributed by atoms with van der Waals surface area (Å²) in [6.07, 6.45) is 2.41. The zero-order valence-corrected chi connectivity index (χ0v) is 36.1. The van der Waals surface area contributed by atoms with Gasteiger partial charge in [-0.2, -0.15) is 0 Å². The molecule has 2 aliphatic rings. The fourth-order valence-corrected chi connectivity index (χ4v) is 10.0. The van der Waals surface area contributed by atoms with E-state index in [4.69, 9.17) is 21.1 Å². The number of rotatable bonds is 6. The molecule has 0 atom stereocenters. The quantitative estimate of drug-likeness (QED) is 0.162. The summed E-state index contributed by atoms with van der Waals surface area (Å²) in [7, 11) is -7.38. The van der Waals surface area contributed by atoms with Gasteiger partial charge in [0.2, 0.25) is 0 Å². The zero-order chi connectivity index (χ0) is 42.5. The van der Waals surface area contributed by atoms with Gasteiger partial charge in [-0.1, -0.05) is 60.1 Å². The average Bonchev–Trinajstić information content (AvgIpc) is 3.71. The number of hydrogen-bond acceptors (Lipinski definition) is 8. The van der Waals surface area contributed by atoms with Gasteiger partial charge in [0, 0.05) is 61.2 Å². The van der Waals surface area contributed by atoms with Crippen LogP contribution in [0.15, 0.2) is 125 Å². The van der Waals surface area contributed by atoms with E-state index < -0.39 is 31.2 Å². The number of carbonyl (C=O) groups is 2. The van der Waals surface area contributed by atoms with Gasteiger partial charge in [0.05, 0.1) is 25.8 Å². The van der Waals surface area contributed by atoms with Crippen molar-refractivity contribution in [1.29, 1.82) is 0 Å². The third-order valence-corrected chi connectivity index (χ3v) is 13.7. The van der Waals surface area contributed by atoms with Crippen molar-refractivity contribution in [3.63, 3.8) is 0 Å². The second kappa shape index (κ2) is 15.7. The van der Waals surface area contributed by atoms with Gasteiger partial charge in [0.15, 0.2) is 0 Å². The van der Waals surface area contributed by atoms with E-state index in [2.05, 4.69) is 0 Å². The molecule has 0 aliphatic carbocycles. The topological polar surface area (TPSA) is 137 Å². The summed E-state index contributed by atoms with van der Waals surface area (Å²) in [5, 5.41) is 1.90. The third-order valence-electron chi connectivity index (χ3n) is 10.0. The third kappa shape index (κ3) is 8.85. The van der Waals surface area contributed by atoms with E-state index in [1.165, 1.54) is 14.1 Å². The molecule has 6 aromatic rings. The molecule has 0 bridgehead atoms. The Bertz CT molecular complexity index is 2740. The van der Waals surface area contributed by atoms with Crippen molar-refractivity contribution in [3.05, 3.63) is 132 Å². The lowest BCUT2D eigenvalue weighted by Crippen LogP contribution is -2.50. The molecule has 4 heterocycles. The van der Waals surface area contributed by atoms with Gasteiger partial charge in [-0.25, -0.2) is 34.4 Å². The number of halogens is 1. The highest BCUT2D eigenvalue weighted by atomic mass is 35.5. The first-order chi connectivity index (χ1) is 27.7. The summed E-state index contributed by atoms with van der Waals surface area (Å²) < 4.78 is 65.2.